The van der Waals surface area contributed by atoms with E-state index in [1.807, 2.05) is 0 Å². The highest BCUT2D eigenvalue weighted by Crippen LogP contribution is 2.41. The van der Waals surface area contributed by atoms with Crippen molar-refractivity contribution in [3.05, 3.63) is 34.3 Å². The normalized spacial score (nSPS) is 28.3. The van der Waals surface area contributed by atoms with Crippen LogP contribution in [0.1, 0.15) is 52.1 Å². The molecule has 1 nitrogen and oxygen atoms in total. The van der Waals surface area contributed by atoms with E-state index in [4.69, 9.17) is 0 Å². The second-order valence-electron chi connectivity index (χ2n) is 6.57. The van der Waals surface area contributed by atoms with Crippen LogP contribution in [0.25, 0.3) is 0 Å². The molecule has 1 aromatic rings. The third kappa shape index (κ3) is 3.16. The van der Waals surface area contributed by atoms with E-state index in [2.05, 4.69) is 73.2 Å². The summed E-state index contributed by atoms with van der Waals surface area (Å²) < 4.78 is 1.20. The van der Waals surface area contributed by atoms with E-state index in [0.29, 0.717) is 17.5 Å². The third-order valence-corrected chi connectivity index (χ3v) is 4.89. The first-order valence-corrected chi connectivity index (χ1v) is 7.69. The van der Waals surface area contributed by atoms with Crippen molar-refractivity contribution in [1.29, 1.82) is 0 Å². The predicted octanol–water partition coefficient (Wildman–Crippen LogP) is 4.92. The van der Waals surface area contributed by atoms with E-state index in [1.165, 1.54) is 22.9 Å². The first-order valence-electron chi connectivity index (χ1n) is 6.89. The largest absolute Gasteiger partial charge is 0.307 e. The molecular formula is C16H24BrN. The minimum atomic E-state index is 0.405. The molecule has 0 heterocycles. The molecule has 0 radical (unpaired) electrons. The Morgan fingerprint density at radius 1 is 1.28 bits per heavy atom. The van der Waals surface area contributed by atoms with Crippen LogP contribution in [-0.2, 0) is 0 Å². The third-order valence-electron chi connectivity index (χ3n) is 4.17. The molecule has 3 atom stereocenters. The quantitative estimate of drug-likeness (QED) is 0.835. The molecular weight excluding hydrogens is 286 g/mol. The summed E-state index contributed by atoms with van der Waals surface area (Å²) in [5, 5.41) is 3.81. The number of hydrogen-bond donors (Lipinski definition) is 1. The van der Waals surface area contributed by atoms with Gasteiger partial charge in [-0.15, -0.1) is 0 Å². The molecule has 1 saturated carbocycles. The van der Waals surface area contributed by atoms with Gasteiger partial charge in [0, 0.05) is 16.6 Å². The Balaban J connectivity index is 2.04. The molecule has 1 aliphatic carbocycles. The summed E-state index contributed by atoms with van der Waals surface area (Å²) in [6.45, 7) is 9.40. The average Bonchev–Trinajstić information content (AvgIpc) is 2.52. The predicted molar refractivity (Wildman–Crippen MR) is 81.7 cm³/mol. The molecule has 1 aliphatic rings. The Hall–Kier alpha value is -0.340. The Labute approximate surface area is 119 Å². The van der Waals surface area contributed by atoms with Crippen molar-refractivity contribution in [2.24, 2.45) is 11.3 Å². The smallest absolute Gasteiger partial charge is 0.0305 e. The fourth-order valence-electron chi connectivity index (χ4n) is 3.35. The molecule has 100 valence electrons. The molecule has 1 aromatic carbocycles. The highest BCUT2D eigenvalue weighted by atomic mass is 79.9. The summed E-state index contributed by atoms with van der Waals surface area (Å²) >= 11 is 3.64. The topological polar surface area (TPSA) is 12.0 Å². The number of hydrogen-bond acceptors (Lipinski definition) is 1. The van der Waals surface area contributed by atoms with E-state index < -0.39 is 0 Å². The maximum absolute atomic E-state index is 3.81. The molecule has 0 aromatic heterocycles. The van der Waals surface area contributed by atoms with Crippen LogP contribution < -0.4 is 5.32 Å². The van der Waals surface area contributed by atoms with Crippen LogP contribution in [0.3, 0.4) is 0 Å². The zero-order chi connectivity index (χ0) is 13.3. The van der Waals surface area contributed by atoms with Crippen molar-refractivity contribution in [1.82, 2.24) is 5.32 Å². The molecule has 2 rings (SSSR count). The highest BCUT2D eigenvalue weighted by molar-refractivity contribution is 9.10. The van der Waals surface area contributed by atoms with E-state index in [0.717, 1.165) is 5.92 Å². The van der Waals surface area contributed by atoms with Gasteiger partial charge in [-0.2, -0.15) is 0 Å². The minimum absolute atomic E-state index is 0.405. The minimum Gasteiger partial charge on any atom is -0.307 e. The number of rotatable bonds is 3. The molecule has 3 unspecified atom stereocenters. The molecule has 1 fully saturated rings. The van der Waals surface area contributed by atoms with Gasteiger partial charge in [0.2, 0.25) is 0 Å². The maximum Gasteiger partial charge on any atom is 0.0305 e. The zero-order valence-corrected chi connectivity index (χ0v) is 13.4. The van der Waals surface area contributed by atoms with Crippen LogP contribution in [0.4, 0.5) is 0 Å². The average molecular weight is 310 g/mol. The van der Waals surface area contributed by atoms with Gasteiger partial charge < -0.3 is 5.32 Å². The van der Waals surface area contributed by atoms with E-state index in [-0.39, 0.29) is 0 Å². The highest BCUT2D eigenvalue weighted by Gasteiger charge is 2.37. The summed E-state index contributed by atoms with van der Waals surface area (Å²) in [6.07, 6.45) is 2.61. The maximum atomic E-state index is 3.81. The number of benzene rings is 1. The summed E-state index contributed by atoms with van der Waals surface area (Å²) in [6, 6.07) is 9.55. The van der Waals surface area contributed by atoms with Gasteiger partial charge in [0.1, 0.15) is 0 Å². The van der Waals surface area contributed by atoms with E-state index in [9.17, 15) is 0 Å². The molecule has 2 heteroatoms. The van der Waals surface area contributed by atoms with Crippen LogP contribution in [0.5, 0.6) is 0 Å². The Morgan fingerprint density at radius 2 is 1.94 bits per heavy atom. The summed E-state index contributed by atoms with van der Waals surface area (Å²) in [5.74, 6) is 0.768. The standard InChI is InChI=1S/C16H24BrN/c1-11-9-16(3,4)10-15(11)18-12(2)13-7-5-6-8-14(13)17/h5-8,11-12,15,18H,9-10H2,1-4H3. The van der Waals surface area contributed by atoms with Gasteiger partial charge in [0.25, 0.3) is 0 Å². The lowest BCUT2D eigenvalue weighted by molar-refractivity contribution is 0.356. The molecule has 18 heavy (non-hydrogen) atoms. The van der Waals surface area contributed by atoms with Gasteiger partial charge in [0.15, 0.2) is 0 Å². The fraction of sp³-hybridized carbons (Fsp3) is 0.625. The second-order valence-corrected chi connectivity index (χ2v) is 7.42. The van der Waals surface area contributed by atoms with Gasteiger partial charge >= 0.3 is 0 Å². The number of halogens is 1. The Bertz CT molecular complexity index is 413. The lowest BCUT2D eigenvalue weighted by atomic mass is 9.91. The van der Waals surface area contributed by atoms with Gasteiger partial charge in [-0.25, -0.2) is 0 Å². The van der Waals surface area contributed by atoms with Crippen LogP contribution in [-0.4, -0.2) is 6.04 Å². The fourth-order valence-corrected chi connectivity index (χ4v) is 3.98. The lowest BCUT2D eigenvalue weighted by Crippen LogP contribution is -2.33. The molecule has 0 aliphatic heterocycles. The lowest BCUT2D eigenvalue weighted by Gasteiger charge is -2.24. The van der Waals surface area contributed by atoms with E-state index >= 15 is 0 Å². The summed E-state index contributed by atoms with van der Waals surface area (Å²) in [5.41, 5.74) is 1.85. The SMILES string of the molecule is CC(NC1CC(C)(C)CC1C)c1ccccc1Br. The van der Waals surface area contributed by atoms with Crippen LogP contribution in [0.15, 0.2) is 28.7 Å². The van der Waals surface area contributed by atoms with Gasteiger partial charge in [0.05, 0.1) is 0 Å². The summed E-state index contributed by atoms with van der Waals surface area (Å²) in [4.78, 5) is 0. The summed E-state index contributed by atoms with van der Waals surface area (Å²) in [7, 11) is 0. The monoisotopic (exact) mass is 309 g/mol. The Kier molecular flexibility index (Phi) is 4.18. The van der Waals surface area contributed by atoms with Crippen LogP contribution in [0, 0.1) is 11.3 Å². The van der Waals surface area contributed by atoms with Crippen molar-refractivity contribution < 1.29 is 0 Å². The van der Waals surface area contributed by atoms with Crippen molar-refractivity contribution in [3.8, 4) is 0 Å². The first kappa shape index (κ1) is 14.1. The van der Waals surface area contributed by atoms with Crippen molar-refractivity contribution >= 4 is 15.9 Å². The molecule has 0 spiro atoms. The zero-order valence-electron chi connectivity index (χ0n) is 11.8. The van der Waals surface area contributed by atoms with E-state index in [1.54, 1.807) is 0 Å². The number of nitrogens with one attached hydrogen (secondary N) is 1. The molecule has 0 saturated heterocycles. The van der Waals surface area contributed by atoms with Crippen molar-refractivity contribution in [2.75, 3.05) is 0 Å². The van der Waals surface area contributed by atoms with Gasteiger partial charge in [-0.05, 0) is 42.7 Å². The van der Waals surface area contributed by atoms with Gasteiger partial charge in [-0.3, -0.25) is 0 Å². The second kappa shape index (κ2) is 5.34. The Morgan fingerprint density at radius 3 is 2.50 bits per heavy atom. The van der Waals surface area contributed by atoms with Gasteiger partial charge in [-0.1, -0.05) is 54.9 Å². The molecule has 0 bridgehead atoms. The van der Waals surface area contributed by atoms with Crippen LogP contribution in [0.2, 0.25) is 0 Å². The van der Waals surface area contributed by atoms with Crippen molar-refractivity contribution in [3.63, 3.8) is 0 Å². The first-order chi connectivity index (χ1) is 8.39. The van der Waals surface area contributed by atoms with Crippen LogP contribution >= 0.6 is 15.9 Å². The molecule has 1 N–H and O–H groups in total. The molecule has 0 amide bonds. The van der Waals surface area contributed by atoms with Crippen molar-refractivity contribution in [2.45, 2.75) is 52.6 Å².